The molecule has 0 bridgehead atoms. The second kappa shape index (κ2) is 6.39. The first kappa shape index (κ1) is 14.3. The predicted octanol–water partition coefficient (Wildman–Crippen LogP) is 2.93. The van der Waals surface area contributed by atoms with Gasteiger partial charge in [0.2, 0.25) is 5.88 Å². The molecule has 2 N–H and O–H groups in total. The van der Waals surface area contributed by atoms with Gasteiger partial charge in [-0.3, -0.25) is 0 Å². The summed E-state index contributed by atoms with van der Waals surface area (Å²) in [5, 5.41) is 0. The number of aromatic nitrogens is 1. The van der Waals surface area contributed by atoms with Crippen LogP contribution >= 0.6 is 0 Å². The second-order valence-electron chi connectivity index (χ2n) is 4.78. The van der Waals surface area contributed by atoms with Crippen molar-refractivity contribution in [2.45, 2.75) is 26.0 Å². The lowest BCUT2D eigenvalue weighted by molar-refractivity contribution is 0.239. The Morgan fingerprint density at radius 1 is 1.05 bits per heavy atom. The monoisotopic (exact) mass is 272 g/mol. The van der Waals surface area contributed by atoms with Gasteiger partial charge in [0.05, 0.1) is 19.3 Å². The van der Waals surface area contributed by atoms with E-state index in [-0.39, 0.29) is 12.1 Å². The van der Waals surface area contributed by atoms with Crippen LogP contribution in [0.15, 0.2) is 42.6 Å². The Balaban J connectivity index is 2.40. The quantitative estimate of drug-likeness (QED) is 0.909. The Morgan fingerprint density at radius 3 is 2.45 bits per heavy atom. The molecule has 0 radical (unpaired) electrons. The molecule has 2 rings (SSSR count). The Labute approximate surface area is 119 Å². The van der Waals surface area contributed by atoms with Crippen LogP contribution in [0.3, 0.4) is 0 Å². The minimum Gasteiger partial charge on any atom is -0.491 e. The van der Waals surface area contributed by atoms with E-state index >= 15 is 0 Å². The van der Waals surface area contributed by atoms with Crippen molar-refractivity contribution in [1.29, 1.82) is 0 Å². The van der Waals surface area contributed by atoms with Crippen molar-refractivity contribution in [3.05, 3.63) is 53.7 Å². The van der Waals surface area contributed by atoms with Gasteiger partial charge in [0.25, 0.3) is 0 Å². The number of pyridine rings is 1. The second-order valence-corrected chi connectivity index (χ2v) is 4.78. The molecule has 0 saturated carbocycles. The summed E-state index contributed by atoms with van der Waals surface area (Å²) in [6, 6.07) is 11.2. The summed E-state index contributed by atoms with van der Waals surface area (Å²) >= 11 is 0. The molecule has 0 aliphatic rings. The molecule has 0 saturated heterocycles. The van der Waals surface area contributed by atoms with Gasteiger partial charge in [-0.1, -0.05) is 24.3 Å². The molecule has 0 spiro atoms. The zero-order valence-corrected chi connectivity index (χ0v) is 12.0. The van der Waals surface area contributed by atoms with Crippen LogP contribution in [-0.2, 0) is 0 Å². The fourth-order valence-electron chi connectivity index (χ4n) is 2.08. The van der Waals surface area contributed by atoms with E-state index in [1.54, 1.807) is 13.3 Å². The molecule has 0 aliphatic carbocycles. The molecule has 1 atom stereocenters. The van der Waals surface area contributed by atoms with Crippen molar-refractivity contribution < 1.29 is 9.47 Å². The van der Waals surface area contributed by atoms with E-state index in [0.29, 0.717) is 5.88 Å². The summed E-state index contributed by atoms with van der Waals surface area (Å²) in [6.45, 7) is 3.99. The van der Waals surface area contributed by atoms with Crippen LogP contribution in [0.2, 0.25) is 0 Å². The highest BCUT2D eigenvalue weighted by molar-refractivity contribution is 5.44. The minimum atomic E-state index is -0.339. The topological polar surface area (TPSA) is 57.4 Å². The molecule has 1 aromatic heterocycles. The molecule has 0 aliphatic heterocycles. The number of benzene rings is 1. The highest BCUT2D eigenvalue weighted by Crippen LogP contribution is 2.32. The molecule has 0 fully saturated rings. The fraction of sp³-hybridized carbons (Fsp3) is 0.312. The number of rotatable bonds is 5. The SMILES string of the molecule is COc1ncccc1C(N)c1ccccc1OC(C)C. The van der Waals surface area contributed by atoms with Gasteiger partial charge in [0.15, 0.2) is 0 Å². The van der Waals surface area contributed by atoms with Gasteiger partial charge in [0.1, 0.15) is 5.75 Å². The van der Waals surface area contributed by atoms with Gasteiger partial charge in [0, 0.05) is 17.3 Å². The number of ether oxygens (including phenoxy) is 2. The van der Waals surface area contributed by atoms with Gasteiger partial charge in [-0.2, -0.15) is 0 Å². The summed E-state index contributed by atoms with van der Waals surface area (Å²) in [5.74, 6) is 1.33. The standard InChI is InChI=1S/C16H20N2O2/c1-11(2)20-14-9-5-4-7-12(14)15(17)13-8-6-10-18-16(13)19-3/h4-11,15H,17H2,1-3H3. The van der Waals surface area contributed by atoms with E-state index in [9.17, 15) is 0 Å². The molecule has 1 aromatic carbocycles. The summed E-state index contributed by atoms with van der Waals surface area (Å²) in [7, 11) is 1.59. The normalized spacial score (nSPS) is 12.2. The summed E-state index contributed by atoms with van der Waals surface area (Å²) in [6.07, 6.45) is 1.78. The van der Waals surface area contributed by atoms with E-state index in [2.05, 4.69) is 4.98 Å². The van der Waals surface area contributed by atoms with E-state index in [4.69, 9.17) is 15.2 Å². The molecular formula is C16H20N2O2. The summed E-state index contributed by atoms with van der Waals surface area (Å²) in [5.41, 5.74) is 8.14. The first-order chi connectivity index (χ1) is 9.63. The lowest BCUT2D eigenvalue weighted by atomic mass is 9.99. The van der Waals surface area contributed by atoms with E-state index < -0.39 is 0 Å². The van der Waals surface area contributed by atoms with Crippen LogP contribution in [-0.4, -0.2) is 18.2 Å². The first-order valence-electron chi connectivity index (χ1n) is 6.63. The maximum atomic E-state index is 6.37. The van der Waals surface area contributed by atoms with Crippen LogP contribution in [0.25, 0.3) is 0 Å². The molecule has 0 amide bonds. The number of methoxy groups -OCH3 is 1. The largest absolute Gasteiger partial charge is 0.491 e. The number of hydrogen-bond acceptors (Lipinski definition) is 4. The van der Waals surface area contributed by atoms with Crippen LogP contribution in [0.4, 0.5) is 0 Å². The molecule has 4 nitrogen and oxygen atoms in total. The Hall–Kier alpha value is -2.07. The Bertz CT molecular complexity index is 570. The highest BCUT2D eigenvalue weighted by atomic mass is 16.5. The minimum absolute atomic E-state index is 0.0964. The summed E-state index contributed by atoms with van der Waals surface area (Å²) < 4.78 is 11.1. The molecule has 20 heavy (non-hydrogen) atoms. The molecule has 1 heterocycles. The third-order valence-electron chi connectivity index (χ3n) is 2.95. The highest BCUT2D eigenvalue weighted by Gasteiger charge is 2.18. The van der Waals surface area contributed by atoms with E-state index in [1.807, 2.05) is 50.2 Å². The smallest absolute Gasteiger partial charge is 0.218 e. The molecule has 2 aromatic rings. The Morgan fingerprint density at radius 2 is 1.75 bits per heavy atom. The van der Waals surface area contributed by atoms with Crippen LogP contribution in [0, 0.1) is 0 Å². The first-order valence-corrected chi connectivity index (χ1v) is 6.63. The average molecular weight is 272 g/mol. The van der Waals surface area contributed by atoms with Crippen LogP contribution < -0.4 is 15.2 Å². The van der Waals surface area contributed by atoms with Crippen molar-refractivity contribution >= 4 is 0 Å². The number of hydrogen-bond donors (Lipinski definition) is 1. The zero-order valence-electron chi connectivity index (χ0n) is 12.0. The van der Waals surface area contributed by atoms with E-state index in [1.165, 1.54) is 0 Å². The third kappa shape index (κ3) is 3.08. The lowest BCUT2D eigenvalue weighted by Crippen LogP contribution is -2.16. The van der Waals surface area contributed by atoms with Crippen molar-refractivity contribution in [2.75, 3.05) is 7.11 Å². The van der Waals surface area contributed by atoms with Gasteiger partial charge in [-0.25, -0.2) is 4.98 Å². The maximum Gasteiger partial charge on any atom is 0.218 e. The average Bonchev–Trinajstić information content (AvgIpc) is 2.46. The molecule has 1 unspecified atom stereocenters. The van der Waals surface area contributed by atoms with Crippen molar-refractivity contribution in [1.82, 2.24) is 4.98 Å². The van der Waals surface area contributed by atoms with Crippen molar-refractivity contribution in [3.63, 3.8) is 0 Å². The van der Waals surface area contributed by atoms with Crippen molar-refractivity contribution in [3.8, 4) is 11.6 Å². The third-order valence-corrected chi connectivity index (χ3v) is 2.95. The van der Waals surface area contributed by atoms with Gasteiger partial charge in [-0.15, -0.1) is 0 Å². The van der Waals surface area contributed by atoms with Crippen molar-refractivity contribution in [2.24, 2.45) is 5.73 Å². The number of para-hydroxylation sites is 1. The molecule has 106 valence electrons. The zero-order chi connectivity index (χ0) is 14.5. The maximum absolute atomic E-state index is 6.37. The molecular weight excluding hydrogens is 252 g/mol. The summed E-state index contributed by atoms with van der Waals surface area (Å²) in [4.78, 5) is 4.19. The number of nitrogens with zero attached hydrogens (tertiary/aromatic N) is 1. The van der Waals surface area contributed by atoms with Crippen LogP contribution in [0.1, 0.15) is 31.0 Å². The van der Waals surface area contributed by atoms with E-state index in [0.717, 1.165) is 16.9 Å². The van der Waals surface area contributed by atoms with Crippen LogP contribution in [0.5, 0.6) is 11.6 Å². The fourth-order valence-corrected chi connectivity index (χ4v) is 2.08. The molecule has 4 heteroatoms. The van der Waals surface area contributed by atoms with Gasteiger partial charge < -0.3 is 15.2 Å². The lowest BCUT2D eigenvalue weighted by Gasteiger charge is -2.20. The predicted molar refractivity (Wildman–Crippen MR) is 79.0 cm³/mol. The van der Waals surface area contributed by atoms with Gasteiger partial charge >= 0.3 is 0 Å². The Kier molecular flexibility index (Phi) is 4.58. The number of nitrogens with two attached hydrogens (primary N) is 1. The van der Waals surface area contributed by atoms with Gasteiger partial charge in [-0.05, 0) is 26.0 Å².